The van der Waals surface area contributed by atoms with Crippen molar-refractivity contribution in [1.29, 1.82) is 0 Å². The Kier molecular flexibility index (Phi) is 6.15. The Morgan fingerprint density at radius 2 is 1.95 bits per heavy atom. The van der Waals surface area contributed by atoms with E-state index in [0.717, 1.165) is 51.0 Å². The summed E-state index contributed by atoms with van der Waals surface area (Å²) in [7, 11) is 0. The highest BCUT2D eigenvalue weighted by molar-refractivity contribution is 5.16. The SMILES string of the molecule is CC(CCc1ccc(F)cc1)NCC1(CO)CCOCC1. The van der Waals surface area contributed by atoms with Crippen molar-refractivity contribution in [2.24, 2.45) is 5.41 Å². The van der Waals surface area contributed by atoms with Gasteiger partial charge in [-0.25, -0.2) is 4.39 Å². The molecule has 0 aromatic heterocycles. The number of halogens is 1. The third-order valence-corrected chi connectivity index (χ3v) is 4.49. The van der Waals surface area contributed by atoms with Gasteiger partial charge >= 0.3 is 0 Å². The summed E-state index contributed by atoms with van der Waals surface area (Å²) in [6.45, 7) is 4.69. The number of aliphatic hydroxyl groups excluding tert-OH is 1. The van der Waals surface area contributed by atoms with Crippen molar-refractivity contribution in [3.63, 3.8) is 0 Å². The van der Waals surface area contributed by atoms with Crippen LogP contribution >= 0.6 is 0 Å². The minimum Gasteiger partial charge on any atom is -0.396 e. The van der Waals surface area contributed by atoms with E-state index >= 15 is 0 Å². The first-order chi connectivity index (χ1) is 10.1. The largest absolute Gasteiger partial charge is 0.396 e. The molecule has 0 spiro atoms. The van der Waals surface area contributed by atoms with Gasteiger partial charge in [-0.3, -0.25) is 0 Å². The molecule has 0 radical (unpaired) electrons. The molecular formula is C17H26FNO2. The van der Waals surface area contributed by atoms with E-state index in [4.69, 9.17) is 4.74 Å². The third-order valence-electron chi connectivity index (χ3n) is 4.49. The Labute approximate surface area is 126 Å². The summed E-state index contributed by atoms with van der Waals surface area (Å²) in [4.78, 5) is 0. The zero-order valence-electron chi connectivity index (χ0n) is 12.8. The number of benzene rings is 1. The summed E-state index contributed by atoms with van der Waals surface area (Å²) in [5.41, 5.74) is 1.13. The standard InChI is InChI=1S/C17H26FNO2/c1-14(2-3-15-4-6-16(18)7-5-15)19-12-17(13-20)8-10-21-11-9-17/h4-7,14,19-20H,2-3,8-13H2,1H3. The average molecular weight is 295 g/mol. The van der Waals surface area contributed by atoms with Crippen LogP contribution < -0.4 is 5.32 Å². The van der Waals surface area contributed by atoms with Gasteiger partial charge in [0.1, 0.15) is 5.82 Å². The van der Waals surface area contributed by atoms with Crippen LogP contribution in [0.5, 0.6) is 0 Å². The molecule has 3 nitrogen and oxygen atoms in total. The molecule has 1 aliphatic rings. The fourth-order valence-corrected chi connectivity index (χ4v) is 2.72. The lowest BCUT2D eigenvalue weighted by Crippen LogP contribution is -2.44. The maximum absolute atomic E-state index is 12.8. The summed E-state index contributed by atoms with van der Waals surface area (Å²) in [6.07, 6.45) is 3.77. The molecule has 0 bridgehead atoms. The van der Waals surface area contributed by atoms with Gasteiger partial charge in [0.2, 0.25) is 0 Å². The van der Waals surface area contributed by atoms with E-state index < -0.39 is 0 Å². The zero-order valence-corrected chi connectivity index (χ0v) is 12.8. The van der Waals surface area contributed by atoms with E-state index in [0.29, 0.717) is 6.04 Å². The zero-order chi connectivity index (χ0) is 15.1. The number of rotatable bonds is 7. The molecule has 1 atom stereocenters. The van der Waals surface area contributed by atoms with Crippen LogP contribution in [0.4, 0.5) is 4.39 Å². The number of ether oxygens (including phenoxy) is 1. The van der Waals surface area contributed by atoms with E-state index in [2.05, 4.69) is 12.2 Å². The number of hydrogen-bond acceptors (Lipinski definition) is 3. The lowest BCUT2D eigenvalue weighted by atomic mass is 9.81. The second-order valence-corrected chi connectivity index (χ2v) is 6.22. The summed E-state index contributed by atoms with van der Waals surface area (Å²) in [5, 5.41) is 13.2. The van der Waals surface area contributed by atoms with Gasteiger partial charge in [-0.1, -0.05) is 12.1 Å². The second kappa shape index (κ2) is 7.87. The summed E-state index contributed by atoms with van der Waals surface area (Å²) in [5.74, 6) is -0.186. The monoisotopic (exact) mass is 295 g/mol. The highest BCUT2D eigenvalue weighted by atomic mass is 19.1. The molecule has 0 amide bonds. The molecule has 2 N–H and O–H groups in total. The van der Waals surface area contributed by atoms with Crippen molar-refractivity contribution >= 4 is 0 Å². The molecule has 0 saturated carbocycles. The molecule has 1 aliphatic heterocycles. The molecule has 4 heteroatoms. The lowest BCUT2D eigenvalue weighted by molar-refractivity contribution is -0.0163. The van der Waals surface area contributed by atoms with E-state index in [-0.39, 0.29) is 17.8 Å². The van der Waals surface area contributed by atoms with E-state index in [1.165, 1.54) is 12.1 Å². The molecule has 1 aromatic carbocycles. The van der Waals surface area contributed by atoms with Gasteiger partial charge < -0.3 is 15.2 Å². The van der Waals surface area contributed by atoms with Crippen molar-refractivity contribution in [1.82, 2.24) is 5.32 Å². The van der Waals surface area contributed by atoms with Crippen LogP contribution in [0.2, 0.25) is 0 Å². The van der Waals surface area contributed by atoms with Crippen molar-refractivity contribution in [3.05, 3.63) is 35.6 Å². The van der Waals surface area contributed by atoms with Gasteiger partial charge in [0.05, 0.1) is 6.61 Å². The second-order valence-electron chi connectivity index (χ2n) is 6.22. The summed E-state index contributed by atoms with van der Waals surface area (Å²) in [6, 6.07) is 7.08. The fraction of sp³-hybridized carbons (Fsp3) is 0.647. The first-order valence-electron chi connectivity index (χ1n) is 7.80. The molecule has 2 rings (SSSR count). The van der Waals surface area contributed by atoms with Gasteiger partial charge in [0.25, 0.3) is 0 Å². The number of hydrogen-bond donors (Lipinski definition) is 2. The Morgan fingerprint density at radius 3 is 2.57 bits per heavy atom. The fourth-order valence-electron chi connectivity index (χ4n) is 2.72. The highest BCUT2D eigenvalue weighted by Crippen LogP contribution is 2.29. The van der Waals surface area contributed by atoms with Crippen molar-refractivity contribution in [2.75, 3.05) is 26.4 Å². The smallest absolute Gasteiger partial charge is 0.123 e. The molecule has 21 heavy (non-hydrogen) atoms. The topological polar surface area (TPSA) is 41.5 Å². The van der Waals surface area contributed by atoms with Crippen LogP contribution in [-0.2, 0) is 11.2 Å². The number of aliphatic hydroxyl groups is 1. The lowest BCUT2D eigenvalue weighted by Gasteiger charge is -2.36. The Bertz CT molecular complexity index is 415. The predicted molar refractivity (Wildman–Crippen MR) is 81.8 cm³/mol. The highest BCUT2D eigenvalue weighted by Gasteiger charge is 2.31. The van der Waals surface area contributed by atoms with Crippen LogP contribution in [-0.4, -0.2) is 37.5 Å². The van der Waals surface area contributed by atoms with Crippen molar-refractivity contribution in [2.45, 2.75) is 38.6 Å². The van der Waals surface area contributed by atoms with Crippen LogP contribution in [0.15, 0.2) is 24.3 Å². The molecule has 1 aromatic rings. The predicted octanol–water partition coefficient (Wildman–Crippen LogP) is 2.53. The van der Waals surface area contributed by atoms with Crippen LogP contribution in [0, 0.1) is 11.2 Å². The van der Waals surface area contributed by atoms with Gasteiger partial charge in [-0.05, 0) is 50.3 Å². The van der Waals surface area contributed by atoms with Crippen LogP contribution in [0.1, 0.15) is 31.7 Å². The molecule has 1 heterocycles. The van der Waals surface area contributed by atoms with Gasteiger partial charge in [-0.2, -0.15) is 0 Å². The van der Waals surface area contributed by atoms with E-state index in [9.17, 15) is 9.50 Å². The van der Waals surface area contributed by atoms with Crippen LogP contribution in [0.3, 0.4) is 0 Å². The first-order valence-corrected chi connectivity index (χ1v) is 7.80. The molecule has 1 saturated heterocycles. The molecule has 1 fully saturated rings. The van der Waals surface area contributed by atoms with Crippen molar-refractivity contribution in [3.8, 4) is 0 Å². The molecule has 118 valence electrons. The number of nitrogens with one attached hydrogen (secondary N) is 1. The maximum atomic E-state index is 12.8. The Hall–Kier alpha value is -0.970. The molecular weight excluding hydrogens is 269 g/mol. The number of aryl methyl sites for hydroxylation is 1. The van der Waals surface area contributed by atoms with E-state index in [1.54, 1.807) is 0 Å². The third kappa shape index (κ3) is 5.06. The first kappa shape index (κ1) is 16.4. The van der Waals surface area contributed by atoms with Gasteiger partial charge in [-0.15, -0.1) is 0 Å². The van der Waals surface area contributed by atoms with Gasteiger partial charge in [0, 0.05) is 31.2 Å². The maximum Gasteiger partial charge on any atom is 0.123 e. The minimum atomic E-state index is -0.186. The van der Waals surface area contributed by atoms with Crippen molar-refractivity contribution < 1.29 is 14.2 Å². The Morgan fingerprint density at radius 1 is 1.29 bits per heavy atom. The quantitative estimate of drug-likeness (QED) is 0.812. The van der Waals surface area contributed by atoms with E-state index in [1.807, 2.05) is 12.1 Å². The normalized spacial score (nSPS) is 19.4. The molecule has 0 aliphatic carbocycles. The minimum absolute atomic E-state index is 0.0254. The Balaban J connectivity index is 1.73. The summed E-state index contributed by atoms with van der Waals surface area (Å²) >= 11 is 0. The van der Waals surface area contributed by atoms with Crippen LogP contribution in [0.25, 0.3) is 0 Å². The molecule has 1 unspecified atom stereocenters. The van der Waals surface area contributed by atoms with Gasteiger partial charge in [0.15, 0.2) is 0 Å². The summed E-state index contributed by atoms with van der Waals surface area (Å²) < 4.78 is 18.2. The average Bonchev–Trinajstić information content (AvgIpc) is 2.53.